The molecule has 0 atom stereocenters. The third-order valence-corrected chi connectivity index (χ3v) is 4.16. The van der Waals surface area contributed by atoms with Crippen molar-refractivity contribution in [3.8, 4) is 11.3 Å². The van der Waals surface area contributed by atoms with Gasteiger partial charge >= 0.3 is 0 Å². The zero-order chi connectivity index (χ0) is 19.2. The maximum atomic E-state index is 12.2. The summed E-state index contributed by atoms with van der Waals surface area (Å²) in [6.45, 7) is 2.18. The molecular formula is C20H22N4O3. The van der Waals surface area contributed by atoms with Crippen molar-refractivity contribution in [3.05, 3.63) is 53.7 Å². The molecule has 3 rings (SSSR count). The van der Waals surface area contributed by atoms with Gasteiger partial charge in [-0.1, -0.05) is 12.1 Å². The second kappa shape index (κ2) is 8.44. The van der Waals surface area contributed by atoms with Gasteiger partial charge < -0.3 is 16.0 Å². The molecule has 1 saturated carbocycles. The maximum absolute atomic E-state index is 12.2. The maximum Gasteiger partial charge on any atom is 0.251 e. The normalized spacial score (nSPS) is 12.9. The largest absolute Gasteiger partial charge is 0.355 e. The molecule has 27 heavy (non-hydrogen) atoms. The summed E-state index contributed by atoms with van der Waals surface area (Å²) < 4.78 is 0. The highest BCUT2D eigenvalue weighted by Crippen LogP contribution is 2.21. The summed E-state index contributed by atoms with van der Waals surface area (Å²) in [6, 6.07) is 10.8. The molecule has 1 fully saturated rings. The smallest absolute Gasteiger partial charge is 0.251 e. The summed E-state index contributed by atoms with van der Waals surface area (Å²) in [6.07, 6.45) is 3.69. The van der Waals surface area contributed by atoms with E-state index in [2.05, 4.69) is 20.9 Å². The number of hydrogen-bond acceptors (Lipinski definition) is 4. The number of nitrogens with one attached hydrogen (secondary N) is 3. The Morgan fingerprint density at radius 3 is 2.33 bits per heavy atom. The minimum absolute atomic E-state index is 0.0867. The van der Waals surface area contributed by atoms with Crippen LogP contribution < -0.4 is 16.0 Å². The van der Waals surface area contributed by atoms with Gasteiger partial charge in [-0.05, 0) is 37.1 Å². The van der Waals surface area contributed by atoms with Crippen molar-refractivity contribution in [1.82, 2.24) is 20.9 Å². The van der Waals surface area contributed by atoms with Crippen LogP contribution in [0.15, 0.2) is 42.6 Å². The van der Waals surface area contributed by atoms with E-state index in [0.717, 1.165) is 18.4 Å². The lowest BCUT2D eigenvalue weighted by molar-refractivity contribution is -0.118. The molecule has 0 spiro atoms. The molecule has 2 aromatic rings. The van der Waals surface area contributed by atoms with Gasteiger partial charge in [0.05, 0.1) is 5.69 Å². The standard InChI is InChI=1S/C20H22N4O3/c1-13(25)21-10-11-23-19(26)15-4-2-14(3-5-15)18-12-16(8-9-22-18)20(27)24-17-6-7-17/h2-5,8-9,12,17H,6-7,10-11H2,1H3,(H,21,25)(H,23,26)(H,24,27). The van der Waals surface area contributed by atoms with Crippen LogP contribution in [-0.4, -0.2) is 41.8 Å². The predicted octanol–water partition coefficient (Wildman–Crippen LogP) is 1.51. The van der Waals surface area contributed by atoms with Crippen molar-refractivity contribution in [2.75, 3.05) is 13.1 Å². The van der Waals surface area contributed by atoms with Gasteiger partial charge in [-0.15, -0.1) is 0 Å². The summed E-state index contributed by atoms with van der Waals surface area (Å²) >= 11 is 0. The zero-order valence-corrected chi connectivity index (χ0v) is 15.1. The van der Waals surface area contributed by atoms with E-state index in [1.54, 1.807) is 42.6 Å². The van der Waals surface area contributed by atoms with Crippen LogP contribution in [0.2, 0.25) is 0 Å². The van der Waals surface area contributed by atoms with Crippen molar-refractivity contribution in [2.45, 2.75) is 25.8 Å². The van der Waals surface area contributed by atoms with Gasteiger partial charge in [0.15, 0.2) is 0 Å². The summed E-state index contributed by atoms with van der Waals surface area (Å²) in [5.74, 6) is -0.428. The van der Waals surface area contributed by atoms with Crippen LogP contribution in [0.4, 0.5) is 0 Å². The Morgan fingerprint density at radius 2 is 1.67 bits per heavy atom. The Labute approximate surface area is 157 Å². The molecular weight excluding hydrogens is 344 g/mol. The summed E-state index contributed by atoms with van der Waals surface area (Å²) in [7, 11) is 0. The number of amides is 3. The lowest BCUT2D eigenvalue weighted by Crippen LogP contribution is -2.33. The van der Waals surface area contributed by atoms with E-state index >= 15 is 0 Å². The number of carbonyl (C=O) groups excluding carboxylic acids is 3. The minimum atomic E-state index is -0.211. The monoisotopic (exact) mass is 366 g/mol. The van der Waals surface area contributed by atoms with Crippen LogP contribution in [0.5, 0.6) is 0 Å². The van der Waals surface area contributed by atoms with Crippen molar-refractivity contribution >= 4 is 17.7 Å². The topological polar surface area (TPSA) is 100 Å². The Kier molecular flexibility index (Phi) is 5.80. The average Bonchev–Trinajstić information content (AvgIpc) is 3.49. The molecule has 3 amide bonds. The molecule has 1 aliphatic rings. The SMILES string of the molecule is CC(=O)NCCNC(=O)c1ccc(-c2cc(C(=O)NC3CC3)ccn2)cc1. The highest BCUT2D eigenvalue weighted by molar-refractivity contribution is 5.96. The van der Waals surface area contributed by atoms with E-state index in [1.165, 1.54) is 6.92 Å². The van der Waals surface area contributed by atoms with Gasteiger partial charge in [0, 0.05) is 48.9 Å². The molecule has 7 heteroatoms. The van der Waals surface area contributed by atoms with Gasteiger partial charge in [0.2, 0.25) is 5.91 Å². The van der Waals surface area contributed by atoms with E-state index in [9.17, 15) is 14.4 Å². The van der Waals surface area contributed by atoms with Crippen LogP contribution >= 0.6 is 0 Å². The van der Waals surface area contributed by atoms with E-state index < -0.39 is 0 Å². The number of rotatable bonds is 7. The molecule has 7 nitrogen and oxygen atoms in total. The van der Waals surface area contributed by atoms with Gasteiger partial charge in [0.1, 0.15) is 0 Å². The lowest BCUT2D eigenvalue weighted by atomic mass is 10.1. The van der Waals surface area contributed by atoms with Crippen molar-refractivity contribution in [1.29, 1.82) is 0 Å². The first-order valence-corrected chi connectivity index (χ1v) is 8.93. The van der Waals surface area contributed by atoms with Crippen molar-refractivity contribution < 1.29 is 14.4 Å². The lowest BCUT2D eigenvalue weighted by Gasteiger charge is -2.08. The summed E-state index contributed by atoms with van der Waals surface area (Å²) in [4.78, 5) is 39.4. The predicted molar refractivity (Wildman–Crippen MR) is 101 cm³/mol. The van der Waals surface area contributed by atoms with Gasteiger partial charge in [-0.25, -0.2) is 0 Å². The molecule has 140 valence electrons. The Bertz CT molecular complexity index is 845. The molecule has 1 aromatic heterocycles. The number of aromatic nitrogens is 1. The number of carbonyl (C=O) groups is 3. The zero-order valence-electron chi connectivity index (χ0n) is 15.1. The van der Waals surface area contributed by atoms with E-state index in [0.29, 0.717) is 36.0 Å². The fraction of sp³-hybridized carbons (Fsp3) is 0.300. The average molecular weight is 366 g/mol. The third kappa shape index (κ3) is 5.37. The van der Waals surface area contributed by atoms with E-state index in [4.69, 9.17) is 0 Å². The third-order valence-electron chi connectivity index (χ3n) is 4.16. The molecule has 0 aliphatic heterocycles. The second-order valence-electron chi connectivity index (χ2n) is 6.49. The summed E-state index contributed by atoms with van der Waals surface area (Å²) in [5, 5.41) is 8.32. The number of pyridine rings is 1. The Morgan fingerprint density at radius 1 is 0.963 bits per heavy atom. The van der Waals surface area contributed by atoms with Crippen LogP contribution in [0.3, 0.4) is 0 Å². The molecule has 3 N–H and O–H groups in total. The van der Waals surface area contributed by atoms with Crippen LogP contribution in [0.25, 0.3) is 11.3 Å². The fourth-order valence-corrected chi connectivity index (χ4v) is 2.54. The molecule has 1 aromatic carbocycles. The first-order valence-electron chi connectivity index (χ1n) is 8.93. The highest BCUT2D eigenvalue weighted by Gasteiger charge is 2.23. The molecule has 0 radical (unpaired) electrons. The highest BCUT2D eigenvalue weighted by atomic mass is 16.2. The first-order chi connectivity index (χ1) is 13.0. The minimum Gasteiger partial charge on any atom is -0.355 e. The Hall–Kier alpha value is -3.22. The van der Waals surface area contributed by atoms with Gasteiger partial charge in [-0.3, -0.25) is 19.4 Å². The Balaban J connectivity index is 1.62. The number of nitrogens with zero attached hydrogens (tertiary/aromatic N) is 1. The second-order valence-corrected chi connectivity index (χ2v) is 6.49. The van der Waals surface area contributed by atoms with E-state index in [-0.39, 0.29) is 17.7 Å². The van der Waals surface area contributed by atoms with Crippen LogP contribution in [0.1, 0.15) is 40.5 Å². The first kappa shape index (κ1) is 18.6. The van der Waals surface area contributed by atoms with Crippen LogP contribution in [-0.2, 0) is 4.79 Å². The summed E-state index contributed by atoms with van der Waals surface area (Å²) in [5.41, 5.74) is 2.60. The molecule has 1 aliphatic carbocycles. The fourth-order valence-electron chi connectivity index (χ4n) is 2.54. The van der Waals surface area contributed by atoms with Crippen LogP contribution in [0, 0.1) is 0 Å². The molecule has 1 heterocycles. The van der Waals surface area contributed by atoms with E-state index in [1.807, 2.05) is 0 Å². The molecule has 0 bridgehead atoms. The van der Waals surface area contributed by atoms with Gasteiger partial charge in [-0.2, -0.15) is 0 Å². The van der Waals surface area contributed by atoms with Gasteiger partial charge in [0.25, 0.3) is 11.8 Å². The van der Waals surface area contributed by atoms with Crippen molar-refractivity contribution in [3.63, 3.8) is 0 Å². The number of hydrogen-bond donors (Lipinski definition) is 3. The quantitative estimate of drug-likeness (QED) is 0.647. The molecule has 0 saturated heterocycles. The van der Waals surface area contributed by atoms with Crippen molar-refractivity contribution in [2.24, 2.45) is 0 Å². The number of benzene rings is 1. The molecule has 0 unspecified atom stereocenters.